The van der Waals surface area contributed by atoms with Crippen LogP contribution >= 0.6 is 0 Å². The van der Waals surface area contributed by atoms with Crippen LogP contribution in [0.15, 0.2) is 24.3 Å². The summed E-state index contributed by atoms with van der Waals surface area (Å²) in [4.78, 5) is 13.3. The van der Waals surface area contributed by atoms with E-state index in [1.54, 1.807) is 43.1 Å². The van der Waals surface area contributed by atoms with Crippen LogP contribution < -0.4 is 0 Å². The minimum atomic E-state index is -0.443. The van der Waals surface area contributed by atoms with Gasteiger partial charge in [0.25, 0.3) is 0 Å². The molecule has 4 heteroatoms. The number of carbonyl (C=O) groups excluding carboxylic acids is 1. The zero-order valence-corrected chi connectivity index (χ0v) is 10.3. The van der Waals surface area contributed by atoms with Gasteiger partial charge in [0.15, 0.2) is 0 Å². The Morgan fingerprint density at radius 1 is 1.35 bits per heavy atom. The third kappa shape index (κ3) is 4.87. The maximum atomic E-state index is 11.7. The molecule has 0 saturated carbocycles. The molecule has 1 rings (SSSR count). The quantitative estimate of drug-likeness (QED) is 0.816. The summed E-state index contributed by atoms with van der Waals surface area (Å²) >= 11 is 0. The predicted molar refractivity (Wildman–Crippen MR) is 65.5 cm³/mol. The molecular weight excluding hydrogens is 218 g/mol. The minimum Gasteiger partial charge on any atom is -0.508 e. The van der Waals surface area contributed by atoms with Crippen molar-refractivity contribution in [2.45, 2.75) is 32.4 Å². The highest BCUT2D eigenvalue weighted by Gasteiger charge is 2.10. The molecule has 0 fully saturated rings. The summed E-state index contributed by atoms with van der Waals surface area (Å²) in [7, 11) is 1.73. The van der Waals surface area contributed by atoms with Crippen LogP contribution in [0.5, 0.6) is 5.75 Å². The van der Waals surface area contributed by atoms with Crippen LogP contribution in [0.3, 0.4) is 0 Å². The number of phenols is 1. The molecule has 0 saturated heterocycles. The van der Waals surface area contributed by atoms with E-state index in [9.17, 15) is 4.79 Å². The number of hydrogen-bond donors (Lipinski definition) is 2. The SMILES string of the molecule is CC(O)CCC(=O)N(C)Cc1ccc(O)cc1. The van der Waals surface area contributed by atoms with Gasteiger partial charge in [-0.1, -0.05) is 12.1 Å². The van der Waals surface area contributed by atoms with Crippen LogP contribution in [-0.4, -0.2) is 34.2 Å². The Morgan fingerprint density at radius 3 is 2.47 bits per heavy atom. The summed E-state index contributed by atoms with van der Waals surface area (Å²) in [6.45, 7) is 2.19. The van der Waals surface area contributed by atoms with Crippen molar-refractivity contribution in [2.24, 2.45) is 0 Å². The molecule has 1 unspecified atom stereocenters. The van der Waals surface area contributed by atoms with Crippen molar-refractivity contribution < 1.29 is 15.0 Å². The van der Waals surface area contributed by atoms with Crippen LogP contribution in [0.25, 0.3) is 0 Å². The Bertz CT molecular complexity index is 359. The lowest BCUT2D eigenvalue weighted by molar-refractivity contribution is -0.131. The zero-order chi connectivity index (χ0) is 12.8. The normalized spacial score (nSPS) is 12.2. The highest BCUT2D eigenvalue weighted by molar-refractivity contribution is 5.75. The van der Waals surface area contributed by atoms with E-state index in [-0.39, 0.29) is 11.7 Å². The van der Waals surface area contributed by atoms with Crippen LogP contribution in [0.4, 0.5) is 0 Å². The molecule has 0 spiro atoms. The first-order valence-corrected chi connectivity index (χ1v) is 5.69. The number of hydrogen-bond acceptors (Lipinski definition) is 3. The maximum Gasteiger partial charge on any atom is 0.222 e. The van der Waals surface area contributed by atoms with Crippen LogP contribution in [0, 0.1) is 0 Å². The van der Waals surface area contributed by atoms with E-state index in [1.165, 1.54) is 0 Å². The molecule has 1 atom stereocenters. The molecule has 0 aliphatic rings. The third-order valence-corrected chi connectivity index (χ3v) is 2.56. The number of phenolic OH excluding ortho intramolecular Hbond substituents is 1. The molecule has 0 heterocycles. The van der Waals surface area contributed by atoms with Gasteiger partial charge in [0.05, 0.1) is 6.10 Å². The Balaban J connectivity index is 2.45. The molecule has 0 aliphatic carbocycles. The van der Waals surface area contributed by atoms with Crippen LogP contribution in [-0.2, 0) is 11.3 Å². The van der Waals surface area contributed by atoms with E-state index < -0.39 is 6.10 Å². The number of aliphatic hydroxyl groups excluding tert-OH is 1. The van der Waals surface area contributed by atoms with Gasteiger partial charge in [-0.15, -0.1) is 0 Å². The lowest BCUT2D eigenvalue weighted by Gasteiger charge is -2.17. The molecule has 2 N–H and O–H groups in total. The first kappa shape index (κ1) is 13.5. The summed E-state index contributed by atoms with van der Waals surface area (Å²) in [5.41, 5.74) is 0.968. The van der Waals surface area contributed by atoms with E-state index in [0.29, 0.717) is 19.4 Å². The van der Waals surface area contributed by atoms with Gasteiger partial charge in [-0.3, -0.25) is 4.79 Å². The number of aliphatic hydroxyl groups is 1. The second kappa shape index (κ2) is 6.25. The van der Waals surface area contributed by atoms with Crippen molar-refractivity contribution in [1.82, 2.24) is 4.90 Å². The van der Waals surface area contributed by atoms with Gasteiger partial charge >= 0.3 is 0 Å². The molecule has 4 nitrogen and oxygen atoms in total. The van der Waals surface area contributed by atoms with Crippen molar-refractivity contribution in [3.8, 4) is 5.75 Å². The summed E-state index contributed by atoms with van der Waals surface area (Å²) in [5.74, 6) is 0.232. The van der Waals surface area contributed by atoms with E-state index in [1.807, 2.05) is 0 Å². The highest BCUT2D eigenvalue weighted by Crippen LogP contribution is 2.11. The van der Waals surface area contributed by atoms with E-state index >= 15 is 0 Å². The zero-order valence-electron chi connectivity index (χ0n) is 10.3. The molecule has 0 aromatic heterocycles. The lowest BCUT2D eigenvalue weighted by Crippen LogP contribution is -2.26. The predicted octanol–water partition coefficient (Wildman–Crippen LogP) is 1.51. The van der Waals surface area contributed by atoms with Crippen LogP contribution in [0.1, 0.15) is 25.3 Å². The fourth-order valence-corrected chi connectivity index (χ4v) is 1.49. The summed E-state index contributed by atoms with van der Waals surface area (Å²) < 4.78 is 0. The summed E-state index contributed by atoms with van der Waals surface area (Å²) in [5, 5.41) is 18.2. The topological polar surface area (TPSA) is 60.8 Å². The molecular formula is C13H19NO3. The second-order valence-corrected chi connectivity index (χ2v) is 4.30. The summed E-state index contributed by atoms with van der Waals surface area (Å²) in [6.07, 6.45) is 0.395. The van der Waals surface area contributed by atoms with Crippen molar-refractivity contribution in [1.29, 1.82) is 0 Å². The van der Waals surface area contributed by atoms with Crippen molar-refractivity contribution >= 4 is 5.91 Å². The largest absolute Gasteiger partial charge is 0.508 e. The first-order valence-electron chi connectivity index (χ1n) is 5.69. The Kier molecular flexibility index (Phi) is 4.97. The minimum absolute atomic E-state index is 0.0129. The van der Waals surface area contributed by atoms with Crippen LogP contribution in [0.2, 0.25) is 0 Å². The average molecular weight is 237 g/mol. The second-order valence-electron chi connectivity index (χ2n) is 4.30. The molecule has 0 aliphatic heterocycles. The molecule has 1 aromatic carbocycles. The van der Waals surface area contributed by atoms with Gasteiger partial charge in [0, 0.05) is 20.0 Å². The maximum absolute atomic E-state index is 11.7. The highest BCUT2D eigenvalue weighted by atomic mass is 16.3. The van der Waals surface area contributed by atoms with Crippen molar-refractivity contribution in [3.63, 3.8) is 0 Å². The number of amides is 1. The Hall–Kier alpha value is -1.55. The standard InChI is InChI=1S/C13H19NO3/c1-10(15)3-8-13(17)14(2)9-11-4-6-12(16)7-5-11/h4-7,10,15-16H,3,8-9H2,1-2H3. The molecule has 17 heavy (non-hydrogen) atoms. The van der Waals surface area contributed by atoms with Gasteiger partial charge in [0.2, 0.25) is 5.91 Å². The van der Waals surface area contributed by atoms with Gasteiger partial charge in [-0.2, -0.15) is 0 Å². The van der Waals surface area contributed by atoms with E-state index in [0.717, 1.165) is 5.56 Å². The van der Waals surface area contributed by atoms with Gasteiger partial charge < -0.3 is 15.1 Å². The third-order valence-electron chi connectivity index (χ3n) is 2.56. The Morgan fingerprint density at radius 2 is 1.94 bits per heavy atom. The van der Waals surface area contributed by atoms with E-state index in [2.05, 4.69) is 0 Å². The molecule has 0 radical (unpaired) electrons. The Labute approximate surface area is 101 Å². The molecule has 1 amide bonds. The fraction of sp³-hybridized carbons (Fsp3) is 0.462. The first-order chi connectivity index (χ1) is 7.99. The number of benzene rings is 1. The number of nitrogens with zero attached hydrogens (tertiary/aromatic N) is 1. The number of aromatic hydroxyl groups is 1. The van der Waals surface area contributed by atoms with Gasteiger partial charge in [0.1, 0.15) is 5.75 Å². The molecule has 94 valence electrons. The van der Waals surface area contributed by atoms with Crippen molar-refractivity contribution in [3.05, 3.63) is 29.8 Å². The van der Waals surface area contributed by atoms with Gasteiger partial charge in [-0.25, -0.2) is 0 Å². The molecule has 1 aromatic rings. The van der Waals surface area contributed by atoms with E-state index in [4.69, 9.17) is 10.2 Å². The average Bonchev–Trinajstić information content (AvgIpc) is 2.28. The lowest BCUT2D eigenvalue weighted by atomic mass is 10.1. The fourth-order valence-electron chi connectivity index (χ4n) is 1.49. The van der Waals surface area contributed by atoms with Gasteiger partial charge in [-0.05, 0) is 31.0 Å². The smallest absolute Gasteiger partial charge is 0.222 e. The molecule has 0 bridgehead atoms. The summed E-state index contributed by atoms with van der Waals surface area (Å²) in [6, 6.07) is 6.77. The van der Waals surface area contributed by atoms with Crippen molar-refractivity contribution in [2.75, 3.05) is 7.05 Å². The number of carbonyl (C=O) groups is 1. The monoisotopic (exact) mass is 237 g/mol. The number of rotatable bonds is 5.